The molecular formula is C31H24FN7O2S. The number of hydrogen-bond acceptors (Lipinski definition) is 8. The molecule has 9 nitrogen and oxygen atoms in total. The van der Waals surface area contributed by atoms with Crippen LogP contribution < -0.4 is 10.2 Å². The average Bonchev–Trinajstić information content (AvgIpc) is 3.67. The second-order valence-corrected chi connectivity index (χ2v) is 11.2. The number of aldehydes is 1. The van der Waals surface area contributed by atoms with Gasteiger partial charge in [0, 0.05) is 45.5 Å². The zero-order valence-corrected chi connectivity index (χ0v) is 23.1. The zero-order chi connectivity index (χ0) is 28.6. The van der Waals surface area contributed by atoms with Crippen molar-refractivity contribution in [2.75, 3.05) is 18.0 Å². The number of fused-ring (bicyclic) bond motifs is 2. The maximum Gasteiger partial charge on any atom is 0.262 e. The third-order valence-corrected chi connectivity index (χ3v) is 8.60. The van der Waals surface area contributed by atoms with Gasteiger partial charge in [0.2, 0.25) is 0 Å². The fourth-order valence-corrected chi connectivity index (χ4v) is 6.46. The molecule has 0 radical (unpaired) electrons. The van der Waals surface area contributed by atoms with Gasteiger partial charge in [0.05, 0.1) is 17.3 Å². The number of carbonyl (C=O) groups excluding carboxylic acids is 2. The Morgan fingerprint density at radius 2 is 2.00 bits per heavy atom. The van der Waals surface area contributed by atoms with Crippen molar-refractivity contribution in [1.29, 1.82) is 0 Å². The number of nitrogens with zero attached hydrogens (tertiary/aromatic N) is 6. The van der Waals surface area contributed by atoms with Crippen LogP contribution in [0.15, 0.2) is 79.1 Å². The molecule has 1 atom stereocenters. The van der Waals surface area contributed by atoms with Gasteiger partial charge in [-0.25, -0.2) is 14.4 Å². The summed E-state index contributed by atoms with van der Waals surface area (Å²) in [6.45, 7) is 1.42. The Morgan fingerprint density at radius 1 is 1.07 bits per heavy atom. The Bertz CT molecular complexity index is 1960. The largest absolute Gasteiger partial charge is 0.315 e. The summed E-state index contributed by atoms with van der Waals surface area (Å²) in [4.78, 5) is 37.1. The van der Waals surface area contributed by atoms with Crippen LogP contribution in [-0.4, -0.2) is 56.3 Å². The van der Waals surface area contributed by atoms with E-state index in [0.717, 1.165) is 46.2 Å². The summed E-state index contributed by atoms with van der Waals surface area (Å²) in [6.07, 6.45) is 5.76. The van der Waals surface area contributed by atoms with Crippen LogP contribution in [0.25, 0.3) is 37.4 Å². The molecule has 0 bridgehead atoms. The molecule has 5 heterocycles. The average molecular weight is 578 g/mol. The number of amides is 1. The molecule has 0 unspecified atom stereocenters. The van der Waals surface area contributed by atoms with Crippen LogP contribution in [0, 0.1) is 5.82 Å². The predicted octanol–water partition coefficient (Wildman–Crippen LogP) is 5.44. The number of nitrogens with one attached hydrogen (secondary N) is 1. The molecule has 1 aliphatic rings. The molecule has 1 aliphatic heterocycles. The summed E-state index contributed by atoms with van der Waals surface area (Å²) >= 11 is 1.55. The van der Waals surface area contributed by atoms with E-state index >= 15 is 4.39 Å². The molecule has 208 valence electrons. The molecule has 7 rings (SSSR count). The van der Waals surface area contributed by atoms with Crippen molar-refractivity contribution in [2.24, 2.45) is 0 Å². The number of carbonyl (C=O) groups is 2. The van der Waals surface area contributed by atoms with E-state index in [9.17, 15) is 9.59 Å². The number of anilines is 1. The number of pyridine rings is 2. The SMILES string of the molecule is O=Cc1cccc(-c2cc3c(N(C(=O)c4ccc(-n5nnc6cccnc65)cc4F)[C@@H]4CCCNC4)nccc3s2)c1. The van der Waals surface area contributed by atoms with Gasteiger partial charge in [-0.2, -0.15) is 4.68 Å². The van der Waals surface area contributed by atoms with Crippen LogP contribution >= 0.6 is 11.3 Å². The number of benzene rings is 2. The number of aromatic nitrogens is 5. The number of thiophene rings is 1. The van der Waals surface area contributed by atoms with E-state index in [2.05, 4.69) is 25.6 Å². The summed E-state index contributed by atoms with van der Waals surface area (Å²) in [5.74, 6) is -0.657. The molecule has 1 amide bonds. The van der Waals surface area contributed by atoms with Crippen molar-refractivity contribution in [3.05, 3.63) is 96.1 Å². The number of hydrogen-bond donors (Lipinski definition) is 1. The maximum absolute atomic E-state index is 15.8. The normalized spacial score (nSPS) is 15.2. The Balaban J connectivity index is 1.30. The van der Waals surface area contributed by atoms with Crippen LogP contribution in [0.4, 0.5) is 10.2 Å². The van der Waals surface area contributed by atoms with Gasteiger partial charge in [-0.1, -0.05) is 23.4 Å². The van der Waals surface area contributed by atoms with E-state index in [-0.39, 0.29) is 11.6 Å². The molecule has 1 fully saturated rings. The van der Waals surface area contributed by atoms with Gasteiger partial charge < -0.3 is 5.32 Å². The standard InChI is InChI=1S/C31H24FN7O2S/c32-25-15-21(39-30-26(36-37-39)7-3-12-34-30)8-9-23(25)31(41)38(22-6-2-11-33-17-22)29-24-16-28(42-27(24)10-13-35-29)20-5-1-4-19(14-20)18-40/h1,3-5,7-10,12-16,18,22,33H,2,6,11,17H2/t22-/m1/s1. The molecular weight excluding hydrogens is 553 g/mol. The molecule has 1 N–H and O–H groups in total. The first-order chi connectivity index (χ1) is 20.6. The molecule has 0 aliphatic carbocycles. The molecule has 11 heteroatoms. The van der Waals surface area contributed by atoms with Crippen LogP contribution in [0.5, 0.6) is 0 Å². The van der Waals surface area contributed by atoms with Gasteiger partial charge in [0.25, 0.3) is 5.91 Å². The highest BCUT2D eigenvalue weighted by atomic mass is 32.1. The van der Waals surface area contributed by atoms with Crippen LogP contribution in [0.3, 0.4) is 0 Å². The van der Waals surface area contributed by atoms with Crippen LogP contribution in [0.1, 0.15) is 33.6 Å². The minimum absolute atomic E-state index is 0.0605. The first-order valence-electron chi connectivity index (χ1n) is 13.6. The lowest BCUT2D eigenvalue weighted by molar-refractivity contribution is 0.0967. The van der Waals surface area contributed by atoms with Crippen molar-refractivity contribution < 1.29 is 14.0 Å². The van der Waals surface area contributed by atoms with Crippen LogP contribution in [0.2, 0.25) is 0 Å². The third kappa shape index (κ3) is 4.62. The lowest BCUT2D eigenvalue weighted by Crippen LogP contribution is -2.49. The zero-order valence-electron chi connectivity index (χ0n) is 22.3. The quantitative estimate of drug-likeness (QED) is 0.263. The van der Waals surface area contributed by atoms with E-state index in [4.69, 9.17) is 0 Å². The summed E-state index contributed by atoms with van der Waals surface area (Å²) in [6, 6.07) is 19.0. The number of halogens is 1. The van der Waals surface area contributed by atoms with Crippen molar-refractivity contribution in [3.63, 3.8) is 0 Å². The van der Waals surface area contributed by atoms with E-state index in [1.165, 1.54) is 16.8 Å². The molecule has 1 saturated heterocycles. The lowest BCUT2D eigenvalue weighted by Gasteiger charge is -2.34. The summed E-state index contributed by atoms with van der Waals surface area (Å²) in [5.41, 5.74) is 2.92. The maximum atomic E-state index is 15.8. The Morgan fingerprint density at radius 3 is 2.83 bits per heavy atom. The highest BCUT2D eigenvalue weighted by Crippen LogP contribution is 2.39. The Kier molecular flexibility index (Phi) is 6.73. The molecule has 0 saturated carbocycles. The van der Waals surface area contributed by atoms with E-state index in [0.29, 0.717) is 34.8 Å². The number of piperidine rings is 1. The first-order valence-corrected chi connectivity index (χ1v) is 14.4. The fourth-order valence-electron chi connectivity index (χ4n) is 5.41. The van der Waals surface area contributed by atoms with Gasteiger partial charge in [0.1, 0.15) is 23.4 Å². The number of rotatable bonds is 6. The Labute approximate surface area is 243 Å². The van der Waals surface area contributed by atoms with Crippen molar-refractivity contribution in [2.45, 2.75) is 18.9 Å². The van der Waals surface area contributed by atoms with Crippen molar-refractivity contribution in [1.82, 2.24) is 30.3 Å². The van der Waals surface area contributed by atoms with Crippen LogP contribution in [-0.2, 0) is 0 Å². The highest BCUT2D eigenvalue weighted by molar-refractivity contribution is 7.22. The van der Waals surface area contributed by atoms with Gasteiger partial charge in [-0.15, -0.1) is 16.4 Å². The monoisotopic (exact) mass is 577 g/mol. The topological polar surface area (TPSA) is 106 Å². The van der Waals surface area contributed by atoms with Gasteiger partial charge >= 0.3 is 0 Å². The lowest BCUT2D eigenvalue weighted by atomic mass is 10.0. The van der Waals surface area contributed by atoms with E-state index in [1.807, 2.05) is 30.3 Å². The molecule has 4 aromatic heterocycles. The van der Waals surface area contributed by atoms with Crippen molar-refractivity contribution >= 4 is 50.6 Å². The summed E-state index contributed by atoms with van der Waals surface area (Å²) < 4.78 is 18.1. The minimum Gasteiger partial charge on any atom is -0.315 e. The molecule has 0 spiro atoms. The van der Waals surface area contributed by atoms with Gasteiger partial charge in [-0.05, 0) is 67.4 Å². The van der Waals surface area contributed by atoms with Gasteiger partial charge in [-0.3, -0.25) is 14.5 Å². The first kappa shape index (κ1) is 26.1. The van der Waals surface area contributed by atoms with E-state index < -0.39 is 11.7 Å². The third-order valence-electron chi connectivity index (χ3n) is 7.45. The molecule has 2 aromatic carbocycles. The summed E-state index contributed by atoms with van der Waals surface area (Å²) in [7, 11) is 0. The second-order valence-electron chi connectivity index (χ2n) is 10.1. The van der Waals surface area contributed by atoms with Crippen molar-refractivity contribution in [3.8, 4) is 16.1 Å². The van der Waals surface area contributed by atoms with E-state index in [1.54, 1.807) is 52.9 Å². The molecule has 6 aromatic rings. The highest BCUT2D eigenvalue weighted by Gasteiger charge is 2.32. The smallest absolute Gasteiger partial charge is 0.262 e. The summed E-state index contributed by atoms with van der Waals surface area (Å²) in [5, 5.41) is 12.4. The molecule has 42 heavy (non-hydrogen) atoms. The fraction of sp³-hybridized carbons (Fsp3) is 0.161. The van der Waals surface area contributed by atoms with Gasteiger partial charge in [0.15, 0.2) is 5.65 Å². The predicted molar refractivity (Wildman–Crippen MR) is 160 cm³/mol. The Hall–Kier alpha value is -4.87. The minimum atomic E-state index is -0.672. The second kappa shape index (κ2) is 10.8.